The summed E-state index contributed by atoms with van der Waals surface area (Å²) in [6.07, 6.45) is 8.96. The lowest BCUT2D eigenvalue weighted by Gasteiger charge is -2.70. The Kier molecular flexibility index (Phi) is 5.71. The highest BCUT2D eigenvalue weighted by atomic mass is 16.6. The molecule has 0 aromatic rings. The summed E-state index contributed by atoms with van der Waals surface area (Å²) in [5.41, 5.74) is -1.78. The Morgan fingerprint density at radius 2 is 1.46 bits per heavy atom. The third kappa shape index (κ3) is 3.25. The molecule has 5 fully saturated rings. The normalized spacial score (nSPS) is 53.5. The molecule has 4 aliphatic carbocycles. The van der Waals surface area contributed by atoms with Crippen molar-refractivity contribution in [3.05, 3.63) is 0 Å². The summed E-state index contributed by atoms with van der Waals surface area (Å²) < 4.78 is 6.39. The molecule has 0 aromatic heterocycles. The second kappa shape index (κ2) is 7.69. The molecule has 10 unspecified atom stereocenters. The van der Waals surface area contributed by atoms with Gasteiger partial charge < -0.3 is 20.1 Å². The Morgan fingerprint density at radius 3 is 2.06 bits per heavy atom. The fourth-order valence-electron chi connectivity index (χ4n) is 11.1. The van der Waals surface area contributed by atoms with Gasteiger partial charge in [0.1, 0.15) is 0 Å². The Labute approximate surface area is 212 Å². The molecule has 5 nitrogen and oxygen atoms in total. The zero-order chi connectivity index (χ0) is 25.8. The first-order valence-electron chi connectivity index (χ1n) is 14.4. The predicted molar refractivity (Wildman–Crippen MR) is 136 cm³/mol. The number of aliphatic hydroxyl groups excluding tert-OH is 1. The number of fused-ring (bicyclic) bond motifs is 5. The number of carboxylic acid groups (broad SMARTS) is 1. The zero-order valence-electron chi connectivity index (χ0n) is 23.2. The van der Waals surface area contributed by atoms with Crippen LogP contribution >= 0.6 is 0 Å². The highest BCUT2D eigenvalue weighted by Crippen LogP contribution is 2.76. The van der Waals surface area contributed by atoms with Crippen LogP contribution in [0.3, 0.4) is 0 Å². The van der Waals surface area contributed by atoms with Crippen molar-refractivity contribution >= 4 is 5.97 Å². The first kappa shape index (κ1) is 26.0. The topological polar surface area (TPSA) is 87.0 Å². The molecule has 0 radical (unpaired) electrons. The van der Waals surface area contributed by atoms with E-state index in [1.165, 1.54) is 6.42 Å². The van der Waals surface area contributed by atoms with E-state index >= 15 is 0 Å². The van der Waals surface area contributed by atoms with Crippen LogP contribution in [0.4, 0.5) is 0 Å². The summed E-state index contributed by atoms with van der Waals surface area (Å²) >= 11 is 0. The maximum absolute atomic E-state index is 12.8. The molecule has 0 bridgehead atoms. The summed E-state index contributed by atoms with van der Waals surface area (Å²) in [6, 6.07) is 0. The highest BCUT2D eigenvalue weighted by molar-refractivity contribution is 5.78. The minimum Gasteiger partial charge on any atom is -0.479 e. The second-order valence-electron chi connectivity index (χ2n) is 15.2. The van der Waals surface area contributed by atoms with Crippen LogP contribution in [-0.4, -0.2) is 44.7 Å². The van der Waals surface area contributed by atoms with Crippen LogP contribution in [0.25, 0.3) is 0 Å². The van der Waals surface area contributed by atoms with Gasteiger partial charge >= 0.3 is 5.97 Å². The third-order valence-electron chi connectivity index (χ3n) is 13.3. The van der Waals surface area contributed by atoms with Gasteiger partial charge in [0.05, 0.1) is 17.8 Å². The van der Waals surface area contributed by atoms with Gasteiger partial charge in [-0.1, -0.05) is 34.6 Å². The van der Waals surface area contributed by atoms with Crippen molar-refractivity contribution in [3.8, 4) is 0 Å². The molecule has 1 saturated heterocycles. The molecule has 5 rings (SSSR count). The van der Waals surface area contributed by atoms with Gasteiger partial charge in [0.15, 0.2) is 5.60 Å². The minimum absolute atomic E-state index is 0.00488. The maximum Gasteiger partial charge on any atom is 0.336 e. The first-order chi connectivity index (χ1) is 16.0. The molecule has 3 N–H and O–H groups in total. The fraction of sp³-hybridized carbons (Fsp3) is 0.967. The van der Waals surface area contributed by atoms with Crippen molar-refractivity contribution in [3.63, 3.8) is 0 Å². The number of hydrogen-bond acceptors (Lipinski definition) is 4. The van der Waals surface area contributed by atoms with Crippen molar-refractivity contribution in [1.82, 2.24) is 0 Å². The number of aliphatic hydroxyl groups is 2. The molecular formula is C30H50O5. The van der Waals surface area contributed by atoms with E-state index < -0.39 is 23.3 Å². The quantitative estimate of drug-likeness (QED) is 0.465. The van der Waals surface area contributed by atoms with E-state index in [0.29, 0.717) is 30.6 Å². The molecule has 1 heterocycles. The Morgan fingerprint density at radius 1 is 0.800 bits per heavy atom. The molecule has 5 aliphatic rings. The van der Waals surface area contributed by atoms with Crippen LogP contribution in [0.1, 0.15) is 113 Å². The van der Waals surface area contributed by atoms with E-state index in [1.807, 2.05) is 0 Å². The molecule has 0 aromatic carbocycles. The lowest BCUT2D eigenvalue weighted by molar-refractivity contribution is -0.229. The summed E-state index contributed by atoms with van der Waals surface area (Å²) in [6.45, 7) is 15.6. The molecule has 5 heteroatoms. The van der Waals surface area contributed by atoms with Crippen LogP contribution in [0.15, 0.2) is 0 Å². The lowest BCUT2D eigenvalue weighted by Crippen LogP contribution is -2.64. The zero-order valence-corrected chi connectivity index (χ0v) is 23.2. The molecule has 10 atom stereocenters. The number of ether oxygens (including phenoxy) is 1. The number of hydrogen-bond donors (Lipinski definition) is 3. The van der Waals surface area contributed by atoms with Crippen molar-refractivity contribution in [2.24, 2.45) is 45.3 Å². The van der Waals surface area contributed by atoms with Crippen LogP contribution in [-0.2, 0) is 9.53 Å². The number of carbonyl (C=O) groups is 1. The van der Waals surface area contributed by atoms with Crippen LogP contribution in [0.2, 0.25) is 0 Å². The molecule has 0 spiro atoms. The fourth-order valence-corrected chi connectivity index (χ4v) is 11.1. The van der Waals surface area contributed by atoms with Gasteiger partial charge in [0, 0.05) is 5.92 Å². The molecular weight excluding hydrogens is 440 g/mol. The average Bonchev–Trinajstić information content (AvgIpc) is 3.35. The molecule has 4 saturated carbocycles. The SMILES string of the molecule is CC(C)(O)C1CCC(C(=O)O)(C2CCC3(C)C2CCC2C4(C)CCC(O)C(C)(C)C4CCC23C)O1. The van der Waals surface area contributed by atoms with Gasteiger partial charge in [-0.2, -0.15) is 0 Å². The number of aliphatic carboxylic acids is 1. The molecule has 35 heavy (non-hydrogen) atoms. The Hall–Kier alpha value is -0.650. The molecule has 200 valence electrons. The van der Waals surface area contributed by atoms with Gasteiger partial charge in [-0.25, -0.2) is 4.79 Å². The Balaban J connectivity index is 1.48. The Bertz CT molecular complexity index is 876. The number of rotatable bonds is 3. The van der Waals surface area contributed by atoms with E-state index in [-0.39, 0.29) is 33.7 Å². The second-order valence-corrected chi connectivity index (χ2v) is 15.2. The van der Waals surface area contributed by atoms with Gasteiger partial charge in [-0.15, -0.1) is 0 Å². The van der Waals surface area contributed by atoms with Gasteiger partial charge in [0.25, 0.3) is 0 Å². The summed E-state index contributed by atoms with van der Waals surface area (Å²) in [4.78, 5) is 12.8. The standard InChI is InChI=1S/C30H50O5/c1-25(2)20-11-16-29(7)21(27(20,5)14-12-22(25)31)9-8-18-19(10-15-28(18,29)6)30(24(32)33)17-13-23(35-30)26(3,4)34/h18-23,31,34H,8-17H2,1-7H3,(H,32,33). The van der Waals surface area contributed by atoms with Gasteiger partial charge in [0.2, 0.25) is 0 Å². The van der Waals surface area contributed by atoms with E-state index in [4.69, 9.17) is 4.74 Å². The van der Waals surface area contributed by atoms with Crippen molar-refractivity contribution < 1.29 is 24.9 Å². The van der Waals surface area contributed by atoms with E-state index in [9.17, 15) is 20.1 Å². The average molecular weight is 491 g/mol. The smallest absolute Gasteiger partial charge is 0.336 e. The first-order valence-corrected chi connectivity index (χ1v) is 14.4. The van der Waals surface area contributed by atoms with Crippen molar-refractivity contribution in [1.29, 1.82) is 0 Å². The molecule has 0 amide bonds. The number of carboxylic acids is 1. The highest BCUT2D eigenvalue weighted by Gasteiger charge is 2.71. The maximum atomic E-state index is 12.8. The molecule has 1 aliphatic heterocycles. The minimum atomic E-state index is -1.17. The summed E-state index contributed by atoms with van der Waals surface area (Å²) in [7, 11) is 0. The van der Waals surface area contributed by atoms with Gasteiger partial charge in [-0.3, -0.25) is 0 Å². The largest absolute Gasteiger partial charge is 0.479 e. The van der Waals surface area contributed by atoms with E-state index in [1.54, 1.807) is 13.8 Å². The third-order valence-corrected chi connectivity index (χ3v) is 13.3. The van der Waals surface area contributed by atoms with Crippen LogP contribution in [0.5, 0.6) is 0 Å². The summed E-state index contributed by atoms with van der Waals surface area (Å²) in [5, 5.41) is 32.0. The predicted octanol–water partition coefficient (Wildman–Crippen LogP) is 5.81. The monoisotopic (exact) mass is 490 g/mol. The van der Waals surface area contributed by atoms with Crippen LogP contribution < -0.4 is 0 Å². The van der Waals surface area contributed by atoms with E-state index in [2.05, 4.69) is 34.6 Å². The summed E-state index contributed by atoms with van der Waals surface area (Å²) in [5.74, 6) is 0.651. The van der Waals surface area contributed by atoms with Gasteiger partial charge in [-0.05, 0) is 117 Å². The lowest BCUT2D eigenvalue weighted by atomic mass is 9.35. The van der Waals surface area contributed by atoms with Crippen molar-refractivity contribution in [2.75, 3.05) is 0 Å². The van der Waals surface area contributed by atoms with Crippen LogP contribution in [0, 0.1) is 45.3 Å². The van der Waals surface area contributed by atoms with Crippen molar-refractivity contribution in [2.45, 2.75) is 136 Å². The van der Waals surface area contributed by atoms with E-state index in [0.717, 1.165) is 44.9 Å².